The number of hydrogen-bond acceptors (Lipinski definition) is 7. The Kier molecular flexibility index (Phi) is 7.61. The highest BCUT2D eigenvalue weighted by Gasteiger charge is 2.17. The number of hydrogen-bond donors (Lipinski definition) is 2. The monoisotopic (exact) mass is 537 g/mol. The fourth-order valence-electron chi connectivity index (χ4n) is 3.07. The molecule has 0 bridgehead atoms. The number of phenols is 1. The van der Waals surface area contributed by atoms with Gasteiger partial charge in [-0.1, -0.05) is 45.9 Å². The molecule has 10 heteroatoms. The molecule has 0 radical (unpaired) electrons. The van der Waals surface area contributed by atoms with Crippen molar-refractivity contribution in [1.29, 1.82) is 0 Å². The molecule has 1 heterocycles. The van der Waals surface area contributed by atoms with Crippen LogP contribution in [0.15, 0.2) is 87.5 Å². The number of ether oxygens (including phenoxy) is 1. The van der Waals surface area contributed by atoms with E-state index in [2.05, 4.69) is 36.7 Å². The molecule has 4 aromatic rings. The topological polar surface area (TPSA) is 102 Å². The number of aromatic hydroxyl groups is 1. The Hall–Kier alpha value is -3.63. The number of benzene rings is 3. The summed E-state index contributed by atoms with van der Waals surface area (Å²) in [7, 11) is 1.62. The van der Waals surface area contributed by atoms with Gasteiger partial charge in [0, 0.05) is 21.3 Å². The molecule has 4 rings (SSSR count). The minimum Gasteiger partial charge on any atom is -0.507 e. The summed E-state index contributed by atoms with van der Waals surface area (Å²) in [5.74, 6) is 1.23. The van der Waals surface area contributed by atoms with E-state index in [-0.39, 0.29) is 17.4 Å². The first kappa shape index (κ1) is 23.5. The summed E-state index contributed by atoms with van der Waals surface area (Å²) in [5, 5.41) is 23.1. The minimum atomic E-state index is -0.315. The van der Waals surface area contributed by atoms with Crippen molar-refractivity contribution in [3.8, 4) is 28.6 Å². The van der Waals surface area contributed by atoms with Gasteiger partial charge in [0.25, 0.3) is 5.91 Å². The molecule has 0 aliphatic heterocycles. The Bertz CT molecular complexity index is 1310. The number of nitrogens with one attached hydrogen (secondary N) is 1. The van der Waals surface area contributed by atoms with E-state index in [1.165, 1.54) is 18.0 Å². The van der Waals surface area contributed by atoms with Gasteiger partial charge in [-0.05, 0) is 54.6 Å². The van der Waals surface area contributed by atoms with Crippen molar-refractivity contribution >= 4 is 39.8 Å². The molecule has 172 valence electrons. The highest BCUT2D eigenvalue weighted by molar-refractivity contribution is 9.10. The number of halogens is 1. The lowest BCUT2D eigenvalue weighted by Crippen LogP contribution is -2.20. The second-order valence-electron chi connectivity index (χ2n) is 6.99. The minimum absolute atomic E-state index is 0.0672. The highest BCUT2D eigenvalue weighted by atomic mass is 79.9. The van der Waals surface area contributed by atoms with Gasteiger partial charge < -0.3 is 9.84 Å². The fraction of sp³-hybridized carbons (Fsp3) is 0.0833. The number of para-hydroxylation sites is 1. The highest BCUT2D eigenvalue weighted by Crippen LogP contribution is 2.29. The molecule has 3 aromatic carbocycles. The Morgan fingerprint density at radius 3 is 2.65 bits per heavy atom. The van der Waals surface area contributed by atoms with Gasteiger partial charge in [0.15, 0.2) is 11.0 Å². The number of thioether (sulfide) groups is 1. The summed E-state index contributed by atoms with van der Waals surface area (Å²) in [4.78, 5) is 12.4. The molecule has 1 aromatic heterocycles. The lowest BCUT2D eigenvalue weighted by atomic mass is 10.2. The van der Waals surface area contributed by atoms with E-state index >= 15 is 0 Å². The smallest absolute Gasteiger partial charge is 0.250 e. The number of phenolic OH excluding ortho intramolecular Hbond substituents is 1. The van der Waals surface area contributed by atoms with E-state index in [4.69, 9.17) is 4.74 Å². The molecule has 0 unspecified atom stereocenters. The van der Waals surface area contributed by atoms with Crippen LogP contribution in [0.5, 0.6) is 11.5 Å². The molecule has 0 saturated heterocycles. The van der Waals surface area contributed by atoms with E-state index in [9.17, 15) is 9.90 Å². The molecule has 0 aliphatic rings. The van der Waals surface area contributed by atoms with Crippen molar-refractivity contribution in [3.05, 3.63) is 82.8 Å². The zero-order chi connectivity index (χ0) is 23.9. The number of carbonyl (C=O) groups is 1. The maximum atomic E-state index is 12.4. The molecule has 8 nitrogen and oxygen atoms in total. The summed E-state index contributed by atoms with van der Waals surface area (Å²) < 4.78 is 7.94. The van der Waals surface area contributed by atoms with Gasteiger partial charge >= 0.3 is 0 Å². The molecule has 0 aliphatic carbocycles. The molecule has 34 heavy (non-hydrogen) atoms. The first-order valence-corrected chi connectivity index (χ1v) is 11.9. The third-order valence-corrected chi connectivity index (χ3v) is 6.13. The Labute approximate surface area is 208 Å². The summed E-state index contributed by atoms with van der Waals surface area (Å²) >= 11 is 4.58. The zero-order valence-corrected chi connectivity index (χ0v) is 20.5. The first-order valence-electron chi connectivity index (χ1n) is 10.1. The molecule has 0 atom stereocenters. The summed E-state index contributed by atoms with van der Waals surface area (Å²) in [6, 6.07) is 22.2. The molecule has 0 spiro atoms. The van der Waals surface area contributed by atoms with E-state index in [1.54, 1.807) is 25.3 Å². The van der Waals surface area contributed by atoms with Crippen LogP contribution in [0.1, 0.15) is 5.56 Å². The van der Waals surface area contributed by atoms with Crippen LogP contribution in [0.2, 0.25) is 0 Å². The van der Waals surface area contributed by atoms with E-state index in [1.807, 2.05) is 59.2 Å². The van der Waals surface area contributed by atoms with Crippen molar-refractivity contribution < 1.29 is 14.6 Å². The predicted molar refractivity (Wildman–Crippen MR) is 136 cm³/mol. The zero-order valence-electron chi connectivity index (χ0n) is 18.1. The van der Waals surface area contributed by atoms with Crippen molar-refractivity contribution in [2.45, 2.75) is 5.16 Å². The third kappa shape index (κ3) is 5.64. The van der Waals surface area contributed by atoms with Gasteiger partial charge in [0.1, 0.15) is 11.5 Å². The summed E-state index contributed by atoms with van der Waals surface area (Å²) in [6.07, 6.45) is 1.39. The number of rotatable bonds is 8. The Morgan fingerprint density at radius 1 is 1.15 bits per heavy atom. The van der Waals surface area contributed by atoms with Crippen LogP contribution in [0.3, 0.4) is 0 Å². The van der Waals surface area contributed by atoms with Crippen LogP contribution in [0, 0.1) is 0 Å². The maximum absolute atomic E-state index is 12.4. The van der Waals surface area contributed by atoms with Gasteiger partial charge in [-0.15, -0.1) is 10.2 Å². The van der Waals surface area contributed by atoms with Crippen LogP contribution in [0.25, 0.3) is 17.1 Å². The second-order valence-corrected chi connectivity index (χ2v) is 8.85. The first-order chi connectivity index (χ1) is 16.5. The SMILES string of the molecule is COc1ccc(-c2nnc(SCC(=O)N/N=C\c3cc(Br)ccc3O)n2-c2ccccc2)cc1. The predicted octanol–water partition coefficient (Wildman–Crippen LogP) is 4.65. The van der Waals surface area contributed by atoms with Crippen molar-refractivity contribution in [3.63, 3.8) is 0 Å². The lowest BCUT2D eigenvalue weighted by Gasteiger charge is -2.10. The Morgan fingerprint density at radius 2 is 1.91 bits per heavy atom. The largest absolute Gasteiger partial charge is 0.507 e. The molecule has 1 amide bonds. The van der Waals surface area contributed by atoms with Gasteiger partial charge in [0.05, 0.1) is 19.1 Å². The number of methoxy groups -OCH3 is 1. The van der Waals surface area contributed by atoms with Gasteiger partial charge in [-0.3, -0.25) is 9.36 Å². The van der Waals surface area contributed by atoms with Crippen molar-refractivity contribution in [1.82, 2.24) is 20.2 Å². The number of hydrazone groups is 1. The maximum Gasteiger partial charge on any atom is 0.250 e. The van der Waals surface area contributed by atoms with Crippen molar-refractivity contribution in [2.24, 2.45) is 5.10 Å². The van der Waals surface area contributed by atoms with Crippen LogP contribution in [-0.2, 0) is 4.79 Å². The number of carbonyl (C=O) groups excluding carboxylic acids is 1. The molecule has 2 N–H and O–H groups in total. The summed E-state index contributed by atoms with van der Waals surface area (Å²) in [6.45, 7) is 0. The van der Waals surface area contributed by atoms with E-state index in [0.717, 1.165) is 21.5 Å². The lowest BCUT2D eigenvalue weighted by molar-refractivity contribution is -0.118. The summed E-state index contributed by atoms with van der Waals surface area (Å²) in [5.41, 5.74) is 4.70. The van der Waals surface area contributed by atoms with E-state index < -0.39 is 0 Å². The van der Waals surface area contributed by atoms with Crippen molar-refractivity contribution in [2.75, 3.05) is 12.9 Å². The standard InChI is InChI=1S/C24H20BrN5O3S/c1-33-20-10-7-16(8-11-20)23-28-29-24(30(23)19-5-3-2-4-6-19)34-15-22(32)27-26-14-17-13-18(25)9-12-21(17)31/h2-14,31H,15H2,1H3,(H,27,32)/b26-14-. The molecular weight excluding hydrogens is 518 g/mol. The van der Waals surface area contributed by atoms with Crippen LogP contribution in [0.4, 0.5) is 0 Å². The van der Waals surface area contributed by atoms with Crippen LogP contribution in [-0.4, -0.2) is 44.9 Å². The second kappa shape index (κ2) is 11.0. The number of nitrogens with zero attached hydrogens (tertiary/aromatic N) is 4. The third-order valence-electron chi connectivity index (χ3n) is 4.71. The molecular formula is C24H20BrN5O3S. The fourth-order valence-corrected chi connectivity index (χ4v) is 4.19. The molecule has 0 fully saturated rings. The van der Waals surface area contributed by atoms with Gasteiger partial charge in [0.2, 0.25) is 0 Å². The number of aromatic nitrogens is 3. The van der Waals surface area contributed by atoms with Crippen LogP contribution < -0.4 is 10.2 Å². The van der Waals surface area contributed by atoms with Crippen LogP contribution >= 0.6 is 27.7 Å². The molecule has 0 saturated carbocycles. The normalized spacial score (nSPS) is 11.0. The average Bonchev–Trinajstić information content (AvgIpc) is 3.29. The van der Waals surface area contributed by atoms with E-state index in [0.29, 0.717) is 16.5 Å². The quantitative estimate of drug-likeness (QED) is 0.192. The Balaban J connectivity index is 1.50. The number of amides is 1. The average molecular weight is 538 g/mol. The van der Waals surface area contributed by atoms with Gasteiger partial charge in [-0.2, -0.15) is 5.10 Å². The van der Waals surface area contributed by atoms with Gasteiger partial charge in [-0.25, -0.2) is 5.43 Å².